The molecular formula is C23H20FN5O3. The fourth-order valence-electron chi connectivity index (χ4n) is 2.89. The standard InChI is InChI=1S/C23H20FN5O3/c1-4-28(2)22-11-21(27-23(30)29(22)3)31-14-15-5-8-20(17(9-15)13-26)32-18-7-6-16(12-25)19(24)10-18/h5-11H,4,14H2,1-3H3. The van der Waals surface area contributed by atoms with Crippen LogP contribution in [0.3, 0.4) is 0 Å². The average Bonchev–Trinajstić information content (AvgIpc) is 2.80. The Labute approximate surface area is 184 Å². The van der Waals surface area contributed by atoms with Gasteiger partial charge in [-0.1, -0.05) is 6.07 Å². The summed E-state index contributed by atoms with van der Waals surface area (Å²) in [5, 5.41) is 18.3. The number of anilines is 1. The lowest BCUT2D eigenvalue weighted by molar-refractivity contribution is 0.291. The molecule has 2 aromatic carbocycles. The molecule has 0 saturated carbocycles. The first-order chi connectivity index (χ1) is 15.4. The molecule has 0 fully saturated rings. The first-order valence-electron chi connectivity index (χ1n) is 9.68. The molecule has 0 unspecified atom stereocenters. The summed E-state index contributed by atoms with van der Waals surface area (Å²) in [6.45, 7) is 2.74. The molecule has 9 heteroatoms. The Kier molecular flexibility index (Phi) is 6.71. The molecule has 1 heterocycles. The highest BCUT2D eigenvalue weighted by Crippen LogP contribution is 2.27. The van der Waals surface area contributed by atoms with Crippen LogP contribution < -0.4 is 20.1 Å². The number of halogens is 1. The molecular weight excluding hydrogens is 413 g/mol. The van der Waals surface area contributed by atoms with Crippen LogP contribution in [0.2, 0.25) is 0 Å². The molecule has 3 rings (SSSR count). The Morgan fingerprint density at radius 2 is 1.88 bits per heavy atom. The molecule has 0 bridgehead atoms. The van der Waals surface area contributed by atoms with E-state index >= 15 is 0 Å². The van der Waals surface area contributed by atoms with Gasteiger partial charge in [-0.25, -0.2) is 9.18 Å². The van der Waals surface area contributed by atoms with Crippen LogP contribution in [0.4, 0.5) is 10.2 Å². The van der Waals surface area contributed by atoms with E-state index in [1.165, 1.54) is 16.7 Å². The smallest absolute Gasteiger partial charge is 0.352 e. The first kappa shape index (κ1) is 22.3. The van der Waals surface area contributed by atoms with Crippen molar-refractivity contribution in [2.75, 3.05) is 18.5 Å². The molecule has 0 aliphatic carbocycles. The van der Waals surface area contributed by atoms with E-state index in [0.717, 1.165) is 6.07 Å². The summed E-state index contributed by atoms with van der Waals surface area (Å²) >= 11 is 0. The molecule has 0 N–H and O–H groups in total. The van der Waals surface area contributed by atoms with E-state index in [-0.39, 0.29) is 35.1 Å². The Balaban J connectivity index is 1.78. The van der Waals surface area contributed by atoms with Crippen LogP contribution in [-0.4, -0.2) is 23.1 Å². The van der Waals surface area contributed by atoms with E-state index < -0.39 is 11.5 Å². The van der Waals surface area contributed by atoms with E-state index in [0.29, 0.717) is 17.9 Å². The van der Waals surface area contributed by atoms with E-state index in [4.69, 9.17) is 14.7 Å². The zero-order valence-electron chi connectivity index (χ0n) is 17.8. The second kappa shape index (κ2) is 9.63. The number of hydrogen-bond acceptors (Lipinski definition) is 7. The monoisotopic (exact) mass is 433 g/mol. The van der Waals surface area contributed by atoms with Crippen molar-refractivity contribution in [3.63, 3.8) is 0 Å². The fraction of sp³-hybridized carbons (Fsp3) is 0.217. The zero-order valence-corrected chi connectivity index (χ0v) is 17.8. The van der Waals surface area contributed by atoms with Crippen LogP contribution in [0.1, 0.15) is 23.6 Å². The van der Waals surface area contributed by atoms with Gasteiger partial charge < -0.3 is 14.4 Å². The third kappa shape index (κ3) is 4.85. The quantitative estimate of drug-likeness (QED) is 0.562. The van der Waals surface area contributed by atoms with Crippen molar-refractivity contribution in [1.82, 2.24) is 9.55 Å². The summed E-state index contributed by atoms with van der Waals surface area (Å²) < 4.78 is 26.5. The van der Waals surface area contributed by atoms with Crippen molar-refractivity contribution in [3.05, 3.63) is 75.5 Å². The second-order valence-electron chi connectivity index (χ2n) is 6.89. The van der Waals surface area contributed by atoms with Gasteiger partial charge in [-0.15, -0.1) is 0 Å². The first-order valence-corrected chi connectivity index (χ1v) is 9.68. The maximum absolute atomic E-state index is 13.8. The molecule has 0 aliphatic heterocycles. The molecule has 0 radical (unpaired) electrons. The minimum atomic E-state index is -0.705. The van der Waals surface area contributed by atoms with E-state index in [1.807, 2.05) is 24.9 Å². The van der Waals surface area contributed by atoms with Gasteiger partial charge in [0.15, 0.2) is 0 Å². The number of aromatic nitrogens is 2. The van der Waals surface area contributed by atoms with Gasteiger partial charge in [-0.2, -0.15) is 15.5 Å². The summed E-state index contributed by atoms with van der Waals surface area (Å²) in [5.74, 6) is 0.537. The summed E-state index contributed by atoms with van der Waals surface area (Å²) in [5.41, 5.74) is 0.351. The summed E-state index contributed by atoms with van der Waals surface area (Å²) in [4.78, 5) is 17.9. The highest BCUT2D eigenvalue weighted by Gasteiger charge is 2.12. The minimum absolute atomic E-state index is 0.0793. The summed E-state index contributed by atoms with van der Waals surface area (Å²) in [6, 6.07) is 14.1. The van der Waals surface area contributed by atoms with E-state index in [2.05, 4.69) is 4.98 Å². The Morgan fingerprint density at radius 3 is 2.53 bits per heavy atom. The molecule has 0 atom stereocenters. The van der Waals surface area contributed by atoms with Crippen LogP contribution in [0, 0.1) is 28.5 Å². The maximum Gasteiger partial charge on any atom is 0.352 e. The number of hydrogen-bond donors (Lipinski definition) is 0. The van der Waals surface area contributed by atoms with Gasteiger partial charge >= 0.3 is 5.69 Å². The molecule has 0 saturated heterocycles. The van der Waals surface area contributed by atoms with Crippen LogP contribution in [0.15, 0.2) is 47.3 Å². The van der Waals surface area contributed by atoms with Crippen molar-refractivity contribution >= 4 is 5.82 Å². The predicted octanol–water partition coefficient (Wildman–Crippen LogP) is 3.49. The number of benzene rings is 2. The topological polar surface area (TPSA) is 104 Å². The molecule has 32 heavy (non-hydrogen) atoms. The Morgan fingerprint density at radius 1 is 1.12 bits per heavy atom. The molecule has 0 aliphatic rings. The highest BCUT2D eigenvalue weighted by atomic mass is 19.1. The summed E-state index contributed by atoms with van der Waals surface area (Å²) in [6.07, 6.45) is 0. The van der Waals surface area contributed by atoms with Gasteiger partial charge in [0.05, 0.1) is 11.1 Å². The lowest BCUT2D eigenvalue weighted by Gasteiger charge is -2.20. The van der Waals surface area contributed by atoms with Gasteiger partial charge in [0.25, 0.3) is 0 Å². The van der Waals surface area contributed by atoms with Gasteiger partial charge in [0.1, 0.15) is 41.9 Å². The van der Waals surface area contributed by atoms with E-state index in [1.54, 1.807) is 37.4 Å². The van der Waals surface area contributed by atoms with Gasteiger partial charge in [-0.05, 0) is 36.8 Å². The van der Waals surface area contributed by atoms with Crippen LogP contribution in [0.25, 0.3) is 0 Å². The minimum Gasteiger partial charge on any atom is -0.473 e. The third-order valence-electron chi connectivity index (χ3n) is 4.79. The molecule has 162 valence electrons. The molecule has 0 amide bonds. The van der Waals surface area contributed by atoms with Crippen molar-refractivity contribution in [1.29, 1.82) is 10.5 Å². The maximum atomic E-state index is 13.8. The number of nitrogens with zero attached hydrogens (tertiary/aromatic N) is 5. The fourth-order valence-corrected chi connectivity index (χ4v) is 2.89. The van der Waals surface area contributed by atoms with Crippen LogP contribution in [-0.2, 0) is 13.7 Å². The summed E-state index contributed by atoms with van der Waals surface area (Å²) in [7, 11) is 3.49. The van der Waals surface area contributed by atoms with Crippen molar-refractivity contribution in [2.45, 2.75) is 13.5 Å². The van der Waals surface area contributed by atoms with Crippen LogP contribution >= 0.6 is 0 Å². The molecule has 0 spiro atoms. The predicted molar refractivity (Wildman–Crippen MR) is 115 cm³/mol. The largest absolute Gasteiger partial charge is 0.473 e. The number of ether oxygens (including phenoxy) is 2. The van der Waals surface area contributed by atoms with Crippen LogP contribution in [0.5, 0.6) is 17.4 Å². The molecule has 1 aromatic heterocycles. The van der Waals surface area contributed by atoms with Gasteiger partial charge in [0.2, 0.25) is 5.88 Å². The van der Waals surface area contributed by atoms with E-state index in [9.17, 15) is 14.4 Å². The normalized spacial score (nSPS) is 10.2. The SMILES string of the molecule is CCN(C)c1cc(OCc2ccc(Oc3ccc(C#N)c(F)c3)c(C#N)c2)nc(=O)n1C. The second-order valence-corrected chi connectivity index (χ2v) is 6.89. The molecule has 3 aromatic rings. The average molecular weight is 433 g/mol. The number of nitriles is 2. The van der Waals surface area contributed by atoms with Gasteiger partial charge in [-0.3, -0.25) is 4.57 Å². The Bertz CT molecular complexity index is 1290. The lowest BCUT2D eigenvalue weighted by atomic mass is 10.1. The lowest BCUT2D eigenvalue weighted by Crippen LogP contribution is -2.28. The Hall–Kier alpha value is -4.37. The highest BCUT2D eigenvalue weighted by molar-refractivity contribution is 5.48. The van der Waals surface area contributed by atoms with Crippen molar-refractivity contribution in [3.8, 4) is 29.5 Å². The van der Waals surface area contributed by atoms with Gasteiger partial charge in [0, 0.05) is 32.8 Å². The van der Waals surface area contributed by atoms with Crippen molar-refractivity contribution in [2.24, 2.45) is 7.05 Å². The number of rotatable bonds is 7. The zero-order chi connectivity index (χ0) is 23.3. The third-order valence-corrected chi connectivity index (χ3v) is 4.79. The van der Waals surface area contributed by atoms with Crippen molar-refractivity contribution < 1.29 is 13.9 Å². The molecule has 8 nitrogen and oxygen atoms in total.